The Kier molecular flexibility index (Phi) is 3.87. The number of urea groups is 1. The van der Waals surface area contributed by atoms with Crippen LogP contribution in [0.4, 0.5) is 10.5 Å². The molecule has 7 heteroatoms. The Bertz CT molecular complexity index is 509. The molecule has 0 bridgehead atoms. The van der Waals surface area contributed by atoms with Crippen molar-refractivity contribution in [3.63, 3.8) is 0 Å². The maximum Gasteiger partial charge on any atom is 0.319 e. The monoisotopic (exact) mass is 302 g/mol. The fourth-order valence-electron chi connectivity index (χ4n) is 1.67. The van der Waals surface area contributed by atoms with Crippen LogP contribution < -0.4 is 10.6 Å². The molecule has 0 atom stereocenters. The molecule has 1 aromatic rings. The number of carbonyl (C=O) groups is 2. The zero-order valence-corrected chi connectivity index (χ0v) is 11.4. The number of nitrogens with one attached hydrogen (secondary N) is 2. The molecule has 1 saturated carbocycles. The Morgan fingerprint density at radius 1 is 1.21 bits per heavy atom. The number of halogens is 2. The Labute approximate surface area is 119 Å². The van der Waals surface area contributed by atoms with Crippen LogP contribution in [-0.4, -0.2) is 23.7 Å². The topological polar surface area (TPSA) is 78.4 Å². The lowest BCUT2D eigenvalue weighted by Crippen LogP contribution is -2.36. The number of carbonyl (C=O) groups excluding carboxylic acids is 1. The van der Waals surface area contributed by atoms with E-state index >= 15 is 0 Å². The van der Waals surface area contributed by atoms with Gasteiger partial charge in [-0.2, -0.15) is 0 Å². The number of anilines is 1. The van der Waals surface area contributed by atoms with E-state index in [0.29, 0.717) is 28.6 Å². The van der Waals surface area contributed by atoms with Gasteiger partial charge in [-0.25, -0.2) is 4.79 Å². The Hall–Kier alpha value is -1.46. The van der Waals surface area contributed by atoms with Crippen molar-refractivity contribution in [2.75, 3.05) is 11.9 Å². The standard InChI is InChI=1S/C12H12Cl2N2O3/c13-7-3-8(14)5-9(4-7)16-11(19)15-6-12(1-2-12)10(17)18/h3-5H,1-2,6H2,(H,17,18)(H2,15,16,19). The molecule has 2 amide bonds. The van der Waals surface area contributed by atoms with E-state index in [0.717, 1.165) is 0 Å². The van der Waals surface area contributed by atoms with Gasteiger partial charge in [-0.15, -0.1) is 0 Å². The second kappa shape index (κ2) is 5.27. The van der Waals surface area contributed by atoms with Crippen molar-refractivity contribution in [1.29, 1.82) is 0 Å². The largest absolute Gasteiger partial charge is 0.481 e. The van der Waals surface area contributed by atoms with Gasteiger partial charge >= 0.3 is 12.0 Å². The predicted octanol–water partition coefficient (Wildman–Crippen LogP) is 2.98. The highest BCUT2D eigenvalue weighted by atomic mass is 35.5. The van der Waals surface area contributed by atoms with E-state index in [9.17, 15) is 9.59 Å². The van der Waals surface area contributed by atoms with Crippen LogP contribution in [0, 0.1) is 5.41 Å². The average molecular weight is 303 g/mol. The zero-order valence-electron chi connectivity index (χ0n) is 9.87. The molecule has 2 rings (SSSR count). The van der Waals surface area contributed by atoms with E-state index < -0.39 is 17.4 Å². The molecule has 0 aromatic heterocycles. The predicted molar refractivity (Wildman–Crippen MR) is 72.8 cm³/mol. The molecule has 0 saturated heterocycles. The third-order valence-corrected chi connectivity index (χ3v) is 3.45. The Morgan fingerprint density at radius 3 is 2.26 bits per heavy atom. The van der Waals surface area contributed by atoms with Gasteiger partial charge in [0.1, 0.15) is 0 Å². The first-order valence-corrected chi connectivity index (χ1v) is 6.41. The highest BCUT2D eigenvalue weighted by molar-refractivity contribution is 6.35. The molecule has 3 N–H and O–H groups in total. The van der Waals surface area contributed by atoms with Crippen molar-refractivity contribution >= 4 is 40.9 Å². The van der Waals surface area contributed by atoms with Crippen LogP contribution in [0.15, 0.2) is 18.2 Å². The third kappa shape index (κ3) is 3.52. The van der Waals surface area contributed by atoms with E-state index in [1.165, 1.54) is 0 Å². The molecule has 1 aliphatic carbocycles. The van der Waals surface area contributed by atoms with Crippen LogP contribution >= 0.6 is 23.2 Å². The fourth-order valence-corrected chi connectivity index (χ4v) is 2.19. The number of carboxylic acids is 1. The molecular formula is C12H12Cl2N2O3. The summed E-state index contributed by atoms with van der Waals surface area (Å²) in [7, 11) is 0. The summed E-state index contributed by atoms with van der Waals surface area (Å²) < 4.78 is 0. The van der Waals surface area contributed by atoms with Crippen molar-refractivity contribution in [1.82, 2.24) is 5.32 Å². The first-order valence-electron chi connectivity index (χ1n) is 5.66. The molecule has 102 valence electrons. The maximum atomic E-state index is 11.6. The molecular weight excluding hydrogens is 291 g/mol. The van der Waals surface area contributed by atoms with Gasteiger partial charge in [-0.1, -0.05) is 23.2 Å². The number of rotatable bonds is 4. The zero-order chi connectivity index (χ0) is 14.0. The van der Waals surface area contributed by atoms with Crippen molar-refractivity contribution < 1.29 is 14.7 Å². The van der Waals surface area contributed by atoms with Crippen molar-refractivity contribution in [2.45, 2.75) is 12.8 Å². The summed E-state index contributed by atoms with van der Waals surface area (Å²) in [5.41, 5.74) is -0.335. The smallest absolute Gasteiger partial charge is 0.319 e. The molecule has 0 spiro atoms. The van der Waals surface area contributed by atoms with Gasteiger partial charge in [0.25, 0.3) is 0 Å². The minimum absolute atomic E-state index is 0.114. The second-order valence-electron chi connectivity index (χ2n) is 4.55. The highest BCUT2D eigenvalue weighted by Crippen LogP contribution is 2.45. The maximum absolute atomic E-state index is 11.6. The van der Waals surface area contributed by atoms with Gasteiger partial charge in [0.05, 0.1) is 5.41 Å². The first kappa shape index (κ1) is 14.0. The molecule has 1 fully saturated rings. The first-order chi connectivity index (χ1) is 8.91. The Morgan fingerprint density at radius 2 is 1.79 bits per heavy atom. The van der Waals surface area contributed by atoms with Crippen LogP contribution in [0.1, 0.15) is 12.8 Å². The van der Waals surface area contributed by atoms with Gasteiger partial charge in [0, 0.05) is 22.3 Å². The summed E-state index contributed by atoms with van der Waals surface area (Å²) in [4.78, 5) is 22.6. The lowest BCUT2D eigenvalue weighted by molar-refractivity contribution is -0.143. The molecule has 0 radical (unpaired) electrons. The number of hydrogen-bond acceptors (Lipinski definition) is 2. The van der Waals surface area contributed by atoms with Gasteiger partial charge in [-0.05, 0) is 31.0 Å². The van der Waals surface area contributed by atoms with Gasteiger partial charge in [0.15, 0.2) is 0 Å². The summed E-state index contributed by atoms with van der Waals surface area (Å²) >= 11 is 11.6. The van der Waals surface area contributed by atoms with Crippen molar-refractivity contribution in [2.24, 2.45) is 5.41 Å². The van der Waals surface area contributed by atoms with Gasteiger partial charge < -0.3 is 15.7 Å². The second-order valence-corrected chi connectivity index (χ2v) is 5.42. The van der Waals surface area contributed by atoms with Crippen LogP contribution in [0.2, 0.25) is 10.0 Å². The van der Waals surface area contributed by atoms with Gasteiger partial charge in [0.2, 0.25) is 0 Å². The molecule has 1 aromatic carbocycles. The van der Waals surface area contributed by atoms with Crippen molar-refractivity contribution in [3.8, 4) is 0 Å². The number of hydrogen-bond donors (Lipinski definition) is 3. The summed E-state index contributed by atoms with van der Waals surface area (Å²) in [6, 6.07) is 4.18. The minimum Gasteiger partial charge on any atom is -0.481 e. The summed E-state index contributed by atoms with van der Waals surface area (Å²) in [6.45, 7) is 0.114. The SMILES string of the molecule is O=C(NCC1(C(=O)O)CC1)Nc1cc(Cl)cc(Cl)c1. The van der Waals surface area contributed by atoms with E-state index in [1.807, 2.05) is 0 Å². The molecule has 0 unspecified atom stereocenters. The van der Waals surface area contributed by atoms with E-state index in [-0.39, 0.29) is 6.54 Å². The molecule has 5 nitrogen and oxygen atoms in total. The third-order valence-electron chi connectivity index (χ3n) is 3.01. The number of carboxylic acid groups (broad SMARTS) is 1. The highest BCUT2D eigenvalue weighted by Gasteiger charge is 2.50. The quantitative estimate of drug-likeness (QED) is 0.800. The Balaban J connectivity index is 1.89. The van der Waals surface area contributed by atoms with Crippen LogP contribution in [0.25, 0.3) is 0 Å². The van der Waals surface area contributed by atoms with Gasteiger partial charge in [-0.3, -0.25) is 4.79 Å². The van der Waals surface area contributed by atoms with E-state index in [2.05, 4.69) is 10.6 Å². The number of amides is 2. The number of aliphatic carboxylic acids is 1. The molecule has 0 heterocycles. The normalized spacial score (nSPS) is 15.7. The summed E-state index contributed by atoms with van der Waals surface area (Å²) in [5, 5.41) is 14.9. The molecule has 19 heavy (non-hydrogen) atoms. The lowest BCUT2D eigenvalue weighted by Gasteiger charge is -2.12. The van der Waals surface area contributed by atoms with E-state index in [1.54, 1.807) is 18.2 Å². The molecule has 1 aliphatic rings. The van der Waals surface area contributed by atoms with Crippen LogP contribution in [-0.2, 0) is 4.79 Å². The summed E-state index contributed by atoms with van der Waals surface area (Å²) in [5.74, 6) is -0.876. The fraction of sp³-hybridized carbons (Fsp3) is 0.333. The van der Waals surface area contributed by atoms with Crippen molar-refractivity contribution in [3.05, 3.63) is 28.2 Å². The van der Waals surface area contributed by atoms with E-state index in [4.69, 9.17) is 28.3 Å². The lowest BCUT2D eigenvalue weighted by atomic mass is 10.1. The average Bonchev–Trinajstić information content (AvgIpc) is 3.05. The molecule has 0 aliphatic heterocycles. The minimum atomic E-state index is -0.876. The number of benzene rings is 1. The van der Waals surface area contributed by atoms with Crippen LogP contribution in [0.3, 0.4) is 0 Å². The summed E-state index contributed by atoms with van der Waals surface area (Å²) in [6.07, 6.45) is 1.18. The van der Waals surface area contributed by atoms with Crippen LogP contribution in [0.5, 0.6) is 0 Å².